The Kier molecular flexibility index (Phi) is 5.68. The molecule has 0 aliphatic carbocycles. The van der Waals surface area contributed by atoms with Gasteiger partial charge in [-0.15, -0.1) is 0 Å². The SMILES string of the molecule is CC.CNc1ccc(F)c(OC)c1. The minimum absolute atomic E-state index is 0.261. The van der Waals surface area contributed by atoms with E-state index in [1.807, 2.05) is 13.8 Å². The first-order valence-electron chi connectivity index (χ1n) is 4.29. The molecule has 74 valence electrons. The normalized spacial score (nSPS) is 8.38. The zero-order valence-electron chi connectivity index (χ0n) is 8.52. The van der Waals surface area contributed by atoms with Crippen LogP contribution in [0.5, 0.6) is 5.75 Å². The van der Waals surface area contributed by atoms with Gasteiger partial charge in [0.2, 0.25) is 0 Å². The highest BCUT2D eigenvalue weighted by atomic mass is 19.1. The molecule has 3 heteroatoms. The lowest BCUT2D eigenvalue weighted by Gasteiger charge is -2.03. The largest absolute Gasteiger partial charge is 0.494 e. The molecule has 0 unspecified atom stereocenters. The monoisotopic (exact) mass is 185 g/mol. The van der Waals surface area contributed by atoms with E-state index >= 15 is 0 Å². The molecule has 2 nitrogen and oxygen atoms in total. The molecule has 0 fully saturated rings. The third-order valence-electron chi connectivity index (χ3n) is 1.44. The van der Waals surface area contributed by atoms with Crippen LogP contribution in [0, 0.1) is 5.82 Å². The summed E-state index contributed by atoms with van der Waals surface area (Å²) < 4.78 is 17.5. The fourth-order valence-corrected chi connectivity index (χ4v) is 0.815. The highest BCUT2D eigenvalue weighted by Crippen LogP contribution is 2.20. The summed E-state index contributed by atoms with van der Waals surface area (Å²) >= 11 is 0. The van der Waals surface area contributed by atoms with Gasteiger partial charge in [-0.05, 0) is 12.1 Å². The van der Waals surface area contributed by atoms with Crippen LogP contribution in [0.15, 0.2) is 18.2 Å². The van der Waals surface area contributed by atoms with Crippen molar-refractivity contribution in [2.75, 3.05) is 19.5 Å². The lowest BCUT2D eigenvalue weighted by atomic mass is 10.3. The molecule has 0 amide bonds. The summed E-state index contributed by atoms with van der Waals surface area (Å²) in [5, 5.41) is 2.88. The van der Waals surface area contributed by atoms with Crippen LogP contribution in [0.3, 0.4) is 0 Å². The van der Waals surface area contributed by atoms with E-state index in [2.05, 4.69) is 5.32 Å². The van der Waals surface area contributed by atoms with Crippen LogP contribution < -0.4 is 10.1 Å². The number of nitrogens with one attached hydrogen (secondary N) is 1. The third kappa shape index (κ3) is 3.32. The van der Waals surface area contributed by atoms with Crippen LogP contribution >= 0.6 is 0 Å². The first-order chi connectivity index (χ1) is 6.27. The quantitative estimate of drug-likeness (QED) is 0.765. The van der Waals surface area contributed by atoms with E-state index in [4.69, 9.17) is 4.74 Å². The van der Waals surface area contributed by atoms with Crippen LogP contribution in [0.25, 0.3) is 0 Å². The first kappa shape index (κ1) is 11.8. The number of hydrogen-bond donors (Lipinski definition) is 1. The van der Waals surface area contributed by atoms with Crippen LogP contribution in [-0.2, 0) is 0 Å². The number of rotatable bonds is 2. The minimum atomic E-state index is -0.341. The van der Waals surface area contributed by atoms with E-state index in [1.54, 1.807) is 19.2 Å². The molecule has 0 aromatic heterocycles. The molecule has 0 spiro atoms. The summed E-state index contributed by atoms with van der Waals surface area (Å²) in [6, 6.07) is 4.62. The molecule has 13 heavy (non-hydrogen) atoms. The van der Waals surface area contributed by atoms with E-state index in [0.717, 1.165) is 5.69 Å². The van der Waals surface area contributed by atoms with Crippen molar-refractivity contribution in [3.63, 3.8) is 0 Å². The molecule has 0 atom stereocenters. The molecule has 0 saturated heterocycles. The fourth-order valence-electron chi connectivity index (χ4n) is 0.815. The van der Waals surface area contributed by atoms with Gasteiger partial charge in [0.15, 0.2) is 11.6 Å². The van der Waals surface area contributed by atoms with Crippen LogP contribution in [0.1, 0.15) is 13.8 Å². The van der Waals surface area contributed by atoms with E-state index in [9.17, 15) is 4.39 Å². The predicted octanol–water partition coefficient (Wildman–Crippen LogP) is 2.90. The van der Waals surface area contributed by atoms with Crippen molar-refractivity contribution in [3.05, 3.63) is 24.0 Å². The van der Waals surface area contributed by atoms with E-state index < -0.39 is 0 Å². The molecule has 0 radical (unpaired) electrons. The smallest absolute Gasteiger partial charge is 0.165 e. The van der Waals surface area contributed by atoms with Gasteiger partial charge in [-0.1, -0.05) is 13.8 Å². The molecule has 0 aliphatic rings. The molecular formula is C10H16FNO. The molecule has 1 N–H and O–H groups in total. The highest BCUT2D eigenvalue weighted by Gasteiger charge is 2.00. The van der Waals surface area contributed by atoms with Gasteiger partial charge in [0.05, 0.1) is 7.11 Å². The maximum atomic E-state index is 12.8. The second-order valence-electron chi connectivity index (χ2n) is 2.10. The summed E-state index contributed by atoms with van der Waals surface area (Å²) in [7, 11) is 3.21. The maximum Gasteiger partial charge on any atom is 0.165 e. The number of ether oxygens (including phenoxy) is 1. The van der Waals surface area contributed by atoms with Crippen LogP contribution in [-0.4, -0.2) is 14.2 Å². The molecule has 1 aromatic rings. The van der Waals surface area contributed by atoms with Crippen molar-refractivity contribution in [1.82, 2.24) is 0 Å². The molecule has 1 aromatic carbocycles. The molecule has 0 bridgehead atoms. The number of methoxy groups -OCH3 is 1. The van der Waals surface area contributed by atoms with E-state index in [0.29, 0.717) is 0 Å². The molecular weight excluding hydrogens is 169 g/mol. The lowest BCUT2D eigenvalue weighted by Crippen LogP contribution is -1.91. The number of hydrogen-bond acceptors (Lipinski definition) is 2. The van der Waals surface area contributed by atoms with Crippen molar-refractivity contribution in [1.29, 1.82) is 0 Å². The Balaban J connectivity index is 0.000000671. The topological polar surface area (TPSA) is 21.3 Å². The van der Waals surface area contributed by atoms with Crippen LogP contribution in [0.2, 0.25) is 0 Å². The predicted molar refractivity (Wildman–Crippen MR) is 53.8 cm³/mol. The average Bonchev–Trinajstić information content (AvgIpc) is 2.22. The molecule has 0 saturated carbocycles. The fraction of sp³-hybridized carbons (Fsp3) is 0.400. The van der Waals surface area contributed by atoms with Crippen molar-refractivity contribution >= 4 is 5.69 Å². The Bertz CT molecular complexity index is 251. The van der Waals surface area contributed by atoms with Gasteiger partial charge in [-0.25, -0.2) is 4.39 Å². The zero-order valence-corrected chi connectivity index (χ0v) is 8.52. The molecule has 1 rings (SSSR count). The Hall–Kier alpha value is -1.25. The summed E-state index contributed by atoms with van der Waals surface area (Å²) in [6.45, 7) is 4.00. The number of anilines is 1. The van der Waals surface area contributed by atoms with Crippen molar-refractivity contribution in [2.45, 2.75) is 13.8 Å². The van der Waals surface area contributed by atoms with Gasteiger partial charge < -0.3 is 10.1 Å². The van der Waals surface area contributed by atoms with Gasteiger partial charge in [0.1, 0.15) is 0 Å². The lowest BCUT2D eigenvalue weighted by molar-refractivity contribution is 0.387. The minimum Gasteiger partial charge on any atom is -0.494 e. The van der Waals surface area contributed by atoms with E-state index in [1.165, 1.54) is 13.2 Å². The van der Waals surface area contributed by atoms with Gasteiger partial charge in [0.25, 0.3) is 0 Å². The number of halogens is 1. The average molecular weight is 185 g/mol. The zero-order chi connectivity index (χ0) is 10.3. The van der Waals surface area contributed by atoms with Gasteiger partial charge in [-0.2, -0.15) is 0 Å². The summed E-state index contributed by atoms with van der Waals surface area (Å²) in [6.07, 6.45) is 0. The summed E-state index contributed by atoms with van der Waals surface area (Å²) in [5.74, 6) is -0.0802. The van der Waals surface area contributed by atoms with Gasteiger partial charge in [-0.3, -0.25) is 0 Å². The Morgan fingerprint density at radius 2 is 1.92 bits per heavy atom. The summed E-state index contributed by atoms with van der Waals surface area (Å²) in [4.78, 5) is 0. The van der Waals surface area contributed by atoms with Crippen LogP contribution in [0.4, 0.5) is 10.1 Å². The maximum absolute atomic E-state index is 12.8. The third-order valence-corrected chi connectivity index (χ3v) is 1.44. The van der Waals surface area contributed by atoms with E-state index in [-0.39, 0.29) is 11.6 Å². The second kappa shape index (κ2) is 6.29. The van der Waals surface area contributed by atoms with Crippen molar-refractivity contribution in [2.24, 2.45) is 0 Å². The molecule has 0 aliphatic heterocycles. The van der Waals surface area contributed by atoms with Gasteiger partial charge in [0, 0.05) is 18.8 Å². The summed E-state index contributed by atoms with van der Waals surface area (Å²) in [5.41, 5.74) is 0.836. The first-order valence-corrected chi connectivity index (χ1v) is 4.29. The van der Waals surface area contributed by atoms with Gasteiger partial charge >= 0.3 is 0 Å². The Morgan fingerprint density at radius 3 is 2.38 bits per heavy atom. The Morgan fingerprint density at radius 1 is 1.31 bits per heavy atom. The Labute approximate surface area is 78.7 Å². The van der Waals surface area contributed by atoms with Crippen molar-refractivity contribution in [3.8, 4) is 5.75 Å². The standard InChI is InChI=1S/C8H10FNO.C2H6/c1-10-6-3-4-7(9)8(5-6)11-2;1-2/h3-5,10H,1-2H3;1-2H3. The second-order valence-corrected chi connectivity index (χ2v) is 2.10. The highest BCUT2D eigenvalue weighted by molar-refractivity contribution is 5.48. The van der Waals surface area contributed by atoms with Crippen molar-refractivity contribution < 1.29 is 9.13 Å². The number of benzene rings is 1. The molecule has 0 heterocycles.